The molecule has 1 aromatic carbocycles. The summed E-state index contributed by atoms with van der Waals surface area (Å²) in [5.74, 6) is 0.383. The highest BCUT2D eigenvalue weighted by molar-refractivity contribution is 7.03. The van der Waals surface area contributed by atoms with Gasteiger partial charge in [-0.25, -0.2) is 0 Å². The molecule has 2 aromatic heterocycles. The van der Waals surface area contributed by atoms with Crippen molar-refractivity contribution < 1.29 is 4.79 Å². The predicted octanol–water partition coefficient (Wildman–Crippen LogP) is 2.53. The summed E-state index contributed by atoms with van der Waals surface area (Å²) in [5.41, 5.74) is 1.09. The number of aromatic nitrogens is 6. The van der Waals surface area contributed by atoms with Crippen LogP contribution in [0.1, 0.15) is 41.6 Å². The second kappa shape index (κ2) is 6.85. The van der Waals surface area contributed by atoms with Crippen LogP contribution in [0, 0.1) is 0 Å². The first-order valence-electron chi connectivity index (χ1n) is 7.86. The quantitative estimate of drug-likeness (QED) is 0.698. The van der Waals surface area contributed by atoms with Gasteiger partial charge in [0, 0.05) is 16.9 Å². The average molecular weight is 376 g/mol. The summed E-state index contributed by atoms with van der Waals surface area (Å²) >= 11 is 7.18. The van der Waals surface area contributed by atoms with Gasteiger partial charge in [0.1, 0.15) is 0 Å². The Morgan fingerprint density at radius 2 is 2.20 bits per heavy atom. The number of carbonyl (C=O) groups excluding carboxylic acids is 1. The fourth-order valence-electron chi connectivity index (χ4n) is 2.92. The van der Waals surface area contributed by atoms with Crippen LogP contribution < -0.4 is 0 Å². The van der Waals surface area contributed by atoms with E-state index in [2.05, 4.69) is 25.0 Å². The van der Waals surface area contributed by atoms with E-state index in [9.17, 15) is 4.79 Å². The maximum absolute atomic E-state index is 12.7. The van der Waals surface area contributed by atoms with Crippen molar-refractivity contribution in [1.29, 1.82) is 0 Å². The van der Waals surface area contributed by atoms with Gasteiger partial charge < -0.3 is 4.90 Å². The fourth-order valence-corrected chi connectivity index (χ4v) is 3.53. The normalized spacial score (nSPS) is 17.6. The van der Waals surface area contributed by atoms with Crippen LogP contribution in [-0.2, 0) is 0 Å². The Hall–Kier alpha value is -2.39. The molecule has 0 N–H and O–H groups in total. The topological polar surface area (TPSA) is 89.7 Å². The molecular weight excluding hydrogens is 362 g/mol. The van der Waals surface area contributed by atoms with Crippen molar-refractivity contribution in [2.45, 2.75) is 25.3 Å². The van der Waals surface area contributed by atoms with E-state index < -0.39 is 0 Å². The molecule has 0 aliphatic carbocycles. The molecule has 1 unspecified atom stereocenters. The molecule has 1 fully saturated rings. The number of tetrazole rings is 1. The first-order chi connectivity index (χ1) is 12.2. The number of rotatable bonds is 3. The van der Waals surface area contributed by atoms with Crippen LogP contribution >= 0.6 is 23.1 Å². The van der Waals surface area contributed by atoms with E-state index in [-0.39, 0.29) is 11.9 Å². The molecule has 1 aliphatic rings. The first-order valence-corrected chi connectivity index (χ1v) is 9.08. The van der Waals surface area contributed by atoms with Crippen LogP contribution in [-0.4, -0.2) is 47.1 Å². The highest BCUT2D eigenvalue weighted by atomic mass is 35.5. The van der Waals surface area contributed by atoms with Gasteiger partial charge >= 0.3 is 0 Å². The molecule has 0 saturated carbocycles. The molecular formula is C15H14ClN7OS. The Labute approximate surface area is 152 Å². The third kappa shape index (κ3) is 3.24. The van der Waals surface area contributed by atoms with E-state index in [1.807, 2.05) is 12.1 Å². The summed E-state index contributed by atoms with van der Waals surface area (Å²) in [6.45, 7) is 0.646. The lowest BCUT2D eigenvalue weighted by molar-refractivity contribution is 0.0593. The number of halogens is 1. The van der Waals surface area contributed by atoms with Crippen LogP contribution in [0.2, 0.25) is 5.02 Å². The summed E-state index contributed by atoms with van der Waals surface area (Å²) in [6, 6.07) is 7.01. The Morgan fingerprint density at radius 3 is 3.00 bits per heavy atom. The number of hydrogen-bond donors (Lipinski definition) is 0. The molecule has 8 nitrogen and oxygen atoms in total. The summed E-state index contributed by atoms with van der Waals surface area (Å²) < 4.78 is 3.77. The number of piperidine rings is 1. The van der Waals surface area contributed by atoms with Gasteiger partial charge in [-0.05, 0) is 54.2 Å². The largest absolute Gasteiger partial charge is 0.327 e. The van der Waals surface area contributed by atoms with Crippen LogP contribution in [0.15, 0.2) is 29.6 Å². The Morgan fingerprint density at radius 1 is 1.28 bits per heavy atom. The zero-order chi connectivity index (χ0) is 17.2. The molecule has 0 bridgehead atoms. The molecule has 1 atom stereocenters. The monoisotopic (exact) mass is 375 g/mol. The van der Waals surface area contributed by atoms with Crippen molar-refractivity contribution in [3.8, 4) is 5.69 Å². The van der Waals surface area contributed by atoms with Crippen LogP contribution in [0.3, 0.4) is 0 Å². The number of amides is 1. The van der Waals surface area contributed by atoms with Crippen molar-refractivity contribution in [3.05, 3.63) is 46.2 Å². The standard InChI is InChI=1S/C15H14ClN7OS/c16-10-4-3-5-11(8-10)23-19-14(18-20-23)13-6-1-2-7-22(13)15(24)12-9-25-21-17-12/h3-5,8-9,13H,1-2,6-7H2. The second-order valence-corrected chi connectivity index (χ2v) is 6.76. The van der Waals surface area contributed by atoms with Crippen LogP contribution in [0.5, 0.6) is 0 Å². The number of benzene rings is 1. The molecule has 1 amide bonds. The highest BCUT2D eigenvalue weighted by Gasteiger charge is 2.32. The SMILES string of the molecule is O=C(c1csnn1)N1CCCCC1c1nnn(-c2cccc(Cl)c2)n1. The van der Waals surface area contributed by atoms with E-state index >= 15 is 0 Å². The van der Waals surface area contributed by atoms with Crippen LogP contribution in [0.25, 0.3) is 5.69 Å². The molecule has 10 heteroatoms. The summed E-state index contributed by atoms with van der Waals surface area (Å²) in [7, 11) is 0. The van der Waals surface area contributed by atoms with Crippen molar-refractivity contribution in [3.63, 3.8) is 0 Å². The maximum Gasteiger partial charge on any atom is 0.275 e. The van der Waals surface area contributed by atoms with Crippen LogP contribution in [0.4, 0.5) is 0 Å². The summed E-state index contributed by atoms with van der Waals surface area (Å²) in [4.78, 5) is 15.9. The van der Waals surface area contributed by atoms with Crippen molar-refractivity contribution in [2.75, 3.05) is 6.54 Å². The molecule has 3 heterocycles. The highest BCUT2D eigenvalue weighted by Crippen LogP contribution is 2.30. The minimum atomic E-state index is -0.212. The number of likely N-dealkylation sites (tertiary alicyclic amines) is 1. The fraction of sp³-hybridized carbons (Fsp3) is 0.333. The van der Waals surface area contributed by atoms with Gasteiger partial charge in [-0.3, -0.25) is 4.79 Å². The summed E-state index contributed by atoms with van der Waals surface area (Å²) in [5, 5.41) is 18.9. The van der Waals surface area contributed by atoms with E-state index in [4.69, 9.17) is 11.6 Å². The lowest BCUT2D eigenvalue weighted by atomic mass is 10.0. The minimum absolute atomic E-state index is 0.141. The number of nitrogens with zero attached hydrogens (tertiary/aromatic N) is 7. The first kappa shape index (κ1) is 16.1. The zero-order valence-corrected chi connectivity index (χ0v) is 14.7. The molecule has 4 rings (SSSR count). The lowest BCUT2D eigenvalue weighted by Gasteiger charge is -2.33. The van der Waals surface area contributed by atoms with Gasteiger partial charge in [-0.2, -0.15) is 0 Å². The molecule has 3 aromatic rings. The zero-order valence-electron chi connectivity index (χ0n) is 13.1. The molecule has 0 spiro atoms. The molecule has 1 saturated heterocycles. The number of carbonyl (C=O) groups is 1. The van der Waals surface area contributed by atoms with E-state index in [0.717, 1.165) is 36.5 Å². The third-order valence-corrected chi connectivity index (χ3v) is 4.85. The molecule has 0 radical (unpaired) electrons. The minimum Gasteiger partial charge on any atom is -0.327 e. The Bertz CT molecular complexity index is 882. The molecule has 25 heavy (non-hydrogen) atoms. The second-order valence-electron chi connectivity index (χ2n) is 5.72. The molecule has 1 aliphatic heterocycles. The third-order valence-electron chi connectivity index (χ3n) is 4.11. The predicted molar refractivity (Wildman–Crippen MR) is 91.7 cm³/mol. The van der Waals surface area contributed by atoms with E-state index in [0.29, 0.717) is 23.1 Å². The Kier molecular flexibility index (Phi) is 4.41. The maximum atomic E-state index is 12.7. The smallest absolute Gasteiger partial charge is 0.275 e. The van der Waals surface area contributed by atoms with Crippen molar-refractivity contribution >= 4 is 29.0 Å². The van der Waals surface area contributed by atoms with Gasteiger partial charge in [0.2, 0.25) is 0 Å². The van der Waals surface area contributed by atoms with Gasteiger partial charge in [-0.15, -0.1) is 20.1 Å². The van der Waals surface area contributed by atoms with E-state index in [1.54, 1.807) is 22.4 Å². The van der Waals surface area contributed by atoms with Gasteiger partial charge in [-0.1, -0.05) is 22.2 Å². The van der Waals surface area contributed by atoms with Crippen molar-refractivity contribution in [2.24, 2.45) is 0 Å². The average Bonchev–Trinajstić information content (AvgIpc) is 3.33. The number of hydrogen-bond acceptors (Lipinski definition) is 7. The van der Waals surface area contributed by atoms with Crippen molar-refractivity contribution in [1.82, 2.24) is 34.7 Å². The Balaban J connectivity index is 1.62. The van der Waals surface area contributed by atoms with Gasteiger partial charge in [0.25, 0.3) is 5.91 Å². The van der Waals surface area contributed by atoms with Gasteiger partial charge in [0.15, 0.2) is 11.5 Å². The molecule has 128 valence electrons. The lowest BCUT2D eigenvalue weighted by Crippen LogP contribution is -2.39. The van der Waals surface area contributed by atoms with E-state index in [1.165, 1.54) is 4.80 Å². The summed E-state index contributed by atoms with van der Waals surface area (Å²) in [6.07, 6.45) is 2.75. The van der Waals surface area contributed by atoms with Gasteiger partial charge in [0.05, 0.1) is 11.7 Å².